The highest BCUT2D eigenvalue weighted by atomic mass is 35.5. The second-order valence-corrected chi connectivity index (χ2v) is 6.80. The van der Waals surface area contributed by atoms with E-state index in [1.54, 1.807) is 0 Å². The van der Waals surface area contributed by atoms with Gasteiger partial charge in [0.15, 0.2) is 0 Å². The molecule has 1 unspecified atom stereocenters. The van der Waals surface area contributed by atoms with Gasteiger partial charge in [0, 0.05) is 28.2 Å². The molecule has 4 rings (SSSR count). The zero-order valence-corrected chi connectivity index (χ0v) is 14.7. The van der Waals surface area contributed by atoms with Gasteiger partial charge in [-0.1, -0.05) is 41.9 Å². The van der Waals surface area contributed by atoms with Crippen molar-refractivity contribution in [2.45, 2.75) is 25.4 Å². The van der Waals surface area contributed by atoms with Crippen molar-refractivity contribution in [3.05, 3.63) is 70.4 Å². The third-order valence-electron chi connectivity index (χ3n) is 4.78. The average Bonchev–Trinajstić information content (AvgIpc) is 3.00. The number of aromatic nitrogens is 1. The predicted molar refractivity (Wildman–Crippen MR) is 101 cm³/mol. The van der Waals surface area contributed by atoms with Gasteiger partial charge in [0.1, 0.15) is 0 Å². The summed E-state index contributed by atoms with van der Waals surface area (Å²) in [6.45, 7) is 2.57. The van der Waals surface area contributed by atoms with Crippen molar-refractivity contribution >= 4 is 28.4 Å². The average molecular weight is 354 g/mol. The van der Waals surface area contributed by atoms with Crippen LogP contribution in [0.2, 0.25) is 5.02 Å². The first kappa shape index (κ1) is 16.2. The van der Waals surface area contributed by atoms with Crippen LogP contribution in [0.3, 0.4) is 0 Å². The Labute approximate surface area is 151 Å². The standard InChI is InChI=1S/C20H20ClN3O/c1-2-22-20(25)17-11-15-14-5-3-4-6-16(14)23-19(15)18(24-17)12-7-9-13(21)10-8-12/h3-10,17-18,23-24H,2,11H2,1H3,(H,22,25)/t17-,18?/m0/s1. The fraction of sp³-hybridized carbons (Fsp3) is 0.250. The van der Waals surface area contributed by atoms with Crippen molar-refractivity contribution in [2.24, 2.45) is 0 Å². The van der Waals surface area contributed by atoms with E-state index in [0.29, 0.717) is 18.0 Å². The van der Waals surface area contributed by atoms with E-state index in [-0.39, 0.29) is 18.0 Å². The summed E-state index contributed by atoms with van der Waals surface area (Å²) in [5, 5.41) is 8.33. The molecule has 3 aromatic rings. The summed E-state index contributed by atoms with van der Waals surface area (Å²) in [4.78, 5) is 16.0. The Kier molecular flexibility index (Phi) is 4.24. The molecule has 1 amide bonds. The fourth-order valence-electron chi connectivity index (χ4n) is 3.62. The van der Waals surface area contributed by atoms with E-state index in [1.807, 2.05) is 43.3 Å². The van der Waals surface area contributed by atoms with E-state index in [4.69, 9.17) is 11.6 Å². The van der Waals surface area contributed by atoms with E-state index in [2.05, 4.69) is 27.8 Å². The van der Waals surface area contributed by atoms with E-state index in [0.717, 1.165) is 16.8 Å². The molecule has 0 spiro atoms. The molecule has 5 heteroatoms. The van der Waals surface area contributed by atoms with Gasteiger partial charge in [-0.05, 0) is 42.7 Å². The zero-order chi connectivity index (χ0) is 17.4. The van der Waals surface area contributed by atoms with Gasteiger partial charge in [0.2, 0.25) is 5.91 Å². The number of para-hydroxylation sites is 1. The Bertz CT molecular complexity index is 916. The maximum Gasteiger partial charge on any atom is 0.237 e. The third kappa shape index (κ3) is 2.92. The van der Waals surface area contributed by atoms with Crippen LogP contribution in [0.15, 0.2) is 48.5 Å². The lowest BCUT2D eigenvalue weighted by molar-refractivity contribution is -0.123. The van der Waals surface area contributed by atoms with E-state index < -0.39 is 0 Å². The van der Waals surface area contributed by atoms with Crippen LogP contribution < -0.4 is 10.6 Å². The summed E-state index contributed by atoms with van der Waals surface area (Å²) in [6.07, 6.45) is 0.676. The van der Waals surface area contributed by atoms with Gasteiger partial charge in [-0.2, -0.15) is 0 Å². The first-order chi connectivity index (χ1) is 12.2. The molecule has 0 aliphatic carbocycles. The van der Waals surface area contributed by atoms with Gasteiger partial charge in [0.25, 0.3) is 0 Å². The molecule has 2 aromatic carbocycles. The van der Waals surface area contributed by atoms with Crippen LogP contribution in [0.4, 0.5) is 0 Å². The van der Waals surface area contributed by atoms with Crippen LogP contribution in [0.25, 0.3) is 10.9 Å². The number of amides is 1. The number of fused-ring (bicyclic) bond motifs is 3. The number of halogens is 1. The summed E-state index contributed by atoms with van der Waals surface area (Å²) in [6, 6.07) is 15.7. The number of hydrogen-bond acceptors (Lipinski definition) is 2. The van der Waals surface area contributed by atoms with Crippen LogP contribution in [0.1, 0.15) is 29.8 Å². The first-order valence-electron chi connectivity index (χ1n) is 8.56. The molecule has 0 radical (unpaired) electrons. The minimum Gasteiger partial charge on any atom is -0.357 e. The van der Waals surface area contributed by atoms with Crippen LogP contribution in [0.5, 0.6) is 0 Å². The number of carbonyl (C=O) groups is 1. The molecule has 1 aromatic heterocycles. The summed E-state index contributed by atoms with van der Waals surface area (Å²) in [5.41, 5.74) is 4.53. The number of aromatic amines is 1. The van der Waals surface area contributed by atoms with Gasteiger partial charge < -0.3 is 10.3 Å². The van der Waals surface area contributed by atoms with Gasteiger partial charge in [-0.15, -0.1) is 0 Å². The van der Waals surface area contributed by atoms with Crippen molar-refractivity contribution < 1.29 is 4.79 Å². The van der Waals surface area contributed by atoms with Crippen molar-refractivity contribution in [3.63, 3.8) is 0 Å². The number of benzene rings is 2. The lowest BCUT2D eigenvalue weighted by Crippen LogP contribution is -2.49. The van der Waals surface area contributed by atoms with Gasteiger partial charge >= 0.3 is 0 Å². The monoisotopic (exact) mass is 353 g/mol. The normalized spacial score (nSPS) is 19.6. The van der Waals surface area contributed by atoms with Gasteiger partial charge in [0.05, 0.1) is 12.1 Å². The molecule has 0 bridgehead atoms. The highest BCUT2D eigenvalue weighted by Gasteiger charge is 2.33. The highest BCUT2D eigenvalue weighted by molar-refractivity contribution is 6.30. The Morgan fingerprint density at radius 3 is 2.72 bits per heavy atom. The summed E-state index contributed by atoms with van der Waals surface area (Å²) < 4.78 is 0. The molecule has 3 N–H and O–H groups in total. The second kappa shape index (κ2) is 6.54. The topological polar surface area (TPSA) is 56.9 Å². The SMILES string of the molecule is CCNC(=O)[C@@H]1Cc2c([nH]c3ccccc23)C(c2ccc(Cl)cc2)N1. The molecule has 0 saturated heterocycles. The fourth-order valence-corrected chi connectivity index (χ4v) is 3.74. The number of rotatable bonds is 3. The maximum atomic E-state index is 12.5. The molecule has 2 atom stereocenters. The number of hydrogen-bond donors (Lipinski definition) is 3. The summed E-state index contributed by atoms with van der Waals surface area (Å²) in [7, 11) is 0. The summed E-state index contributed by atoms with van der Waals surface area (Å²) >= 11 is 6.04. The molecule has 1 aliphatic heterocycles. The van der Waals surface area contributed by atoms with Crippen molar-refractivity contribution in [3.8, 4) is 0 Å². The minimum absolute atomic E-state index is 0.0393. The predicted octanol–water partition coefficient (Wildman–Crippen LogP) is 3.56. The van der Waals surface area contributed by atoms with Crippen molar-refractivity contribution in [1.29, 1.82) is 0 Å². The molecule has 0 fully saturated rings. The van der Waals surface area contributed by atoms with E-state index in [1.165, 1.54) is 10.9 Å². The quantitative estimate of drug-likeness (QED) is 0.674. The van der Waals surface area contributed by atoms with Crippen LogP contribution in [0, 0.1) is 0 Å². The first-order valence-corrected chi connectivity index (χ1v) is 8.94. The number of nitrogens with one attached hydrogen (secondary N) is 3. The lowest BCUT2D eigenvalue weighted by atomic mass is 9.90. The molecule has 2 heterocycles. The number of H-pyrrole nitrogens is 1. The molecule has 25 heavy (non-hydrogen) atoms. The van der Waals surface area contributed by atoms with Crippen LogP contribution in [-0.2, 0) is 11.2 Å². The van der Waals surface area contributed by atoms with Gasteiger partial charge in [-0.3, -0.25) is 10.1 Å². The third-order valence-corrected chi connectivity index (χ3v) is 5.03. The van der Waals surface area contributed by atoms with Crippen molar-refractivity contribution in [2.75, 3.05) is 6.54 Å². The Morgan fingerprint density at radius 1 is 1.20 bits per heavy atom. The Balaban J connectivity index is 1.82. The maximum absolute atomic E-state index is 12.5. The minimum atomic E-state index is -0.257. The largest absolute Gasteiger partial charge is 0.357 e. The Hall–Kier alpha value is -2.30. The number of likely N-dealkylation sites (N-methyl/N-ethyl adjacent to an activating group) is 1. The van der Waals surface area contributed by atoms with Gasteiger partial charge in [-0.25, -0.2) is 0 Å². The van der Waals surface area contributed by atoms with E-state index >= 15 is 0 Å². The molecule has 1 aliphatic rings. The molecule has 128 valence electrons. The lowest BCUT2D eigenvalue weighted by Gasteiger charge is -2.31. The molecule has 4 nitrogen and oxygen atoms in total. The molecule has 0 saturated carbocycles. The van der Waals surface area contributed by atoms with Crippen LogP contribution in [-0.4, -0.2) is 23.5 Å². The smallest absolute Gasteiger partial charge is 0.237 e. The van der Waals surface area contributed by atoms with Crippen molar-refractivity contribution in [1.82, 2.24) is 15.6 Å². The summed E-state index contributed by atoms with van der Waals surface area (Å²) in [5.74, 6) is 0.0393. The molecular weight excluding hydrogens is 334 g/mol. The zero-order valence-electron chi connectivity index (χ0n) is 14.0. The Morgan fingerprint density at radius 2 is 1.96 bits per heavy atom. The number of carbonyl (C=O) groups excluding carboxylic acids is 1. The van der Waals surface area contributed by atoms with E-state index in [9.17, 15) is 4.79 Å². The highest BCUT2D eigenvalue weighted by Crippen LogP contribution is 2.35. The van der Waals surface area contributed by atoms with Crippen LogP contribution >= 0.6 is 11.6 Å². The molecular formula is C20H20ClN3O. The second-order valence-electron chi connectivity index (χ2n) is 6.37.